The number of nitrogens with zero attached hydrogens (tertiary/aromatic N) is 1. The van der Waals surface area contributed by atoms with E-state index in [-0.39, 0.29) is 6.79 Å². The van der Waals surface area contributed by atoms with E-state index < -0.39 is 0 Å². The normalized spacial score (nSPS) is 12.8. The zero-order valence-electron chi connectivity index (χ0n) is 9.10. The summed E-state index contributed by atoms with van der Waals surface area (Å²) in [4.78, 5) is 0. The highest BCUT2D eigenvalue weighted by atomic mass is 16.7. The maximum Gasteiger partial charge on any atom is 0.231 e. The van der Waals surface area contributed by atoms with Gasteiger partial charge in [0.2, 0.25) is 12.5 Å². The first kappa shape index (κ1) is 9.83. The monoisotopic (exact) mass is 234 g/mol. The Labute approximate surface area is 96.9 Å². The molecule has 1 aromatic carbocycles. The van der Waals surface area contributed by atoms with Crippen LogP contribution in [0.4, 0.5) is 5.82 Å². The van der Waals surface area contributed by atoms with Crippen molar-refractivity contribution >= 4 is 5.82 Å². The maximum atomic E-state index is 5.52. The van der Waals surface area contributed by atoms with E-state index in [1.165, 1.54) is 0 Å². The molecule has 0 saturated carbocycles. The molecule has 0 spiro atoms. The first-order valence-corrected chi connectivity index (χ1v) is 4.98. The van der Waals surface area contributed by atoms with Gasteiger partial charge in [0.25, 0.3) is 0 Å². The van der Waals surface area contributed by atoms with Gasteiger partial charge in [-0.2, -0.15) is 0 Å². The number of nitrogens with two attached hydrogens (primary N) is 1. The lowest BCUT2D eigenvalue weighted by atomic mass is 10.1. The average Bonchev–Trinajstić information content (AvgIpc) is 2.95. The Morgan fingerprint density at radius 1 is 1.35 bits per heavy atom. The first-order chi connectivity index (χ1) is 8.29. The van der Waals surface area contributed by atoms with Gasteiger partial charge in [-0.25, -0.2) is 0 Å². The van der Waals surface area contributed by atoms with Crippen LogP contribution in [0.25, 0.3) is 11.3 Å². The minimum Gasteiger partial charge on any atom is -0.492 e. The van der Waals surface area contributed by atoms with Crippen LogP contribution in [0.1, 0.15) is 0 Å². The molecule has 6 heteroatoms. The van der Waals surface area contributed by atoms with E-state index in [0.717, 1.165) is 5.56 Å². The number of nitrogen functional groups attached to an aromatic ring is 1. The van der Waals surface area contributed by atoms with Crippen molar-refractivity contribution in [3.05, 3.63) is 18.2 Å². The van der Waals surface area contributed by atoms with Crippen molar-refractivity contribution in [1.29, 1.82) is 0 Å². The molecule has 0 amide bonds. The van der Waals surface area contributed by atoms with Gasteiger partial charge in [-0.15, -0.1) is 0 Å². The molecule has 6 nitrogen and oxygen atoms in total. The number of ether oxygens (including phenoxy) is 3. The highest BCUT2D eigenvalue weighted by Crippen LogP contribution is 2.46. The van der Waals surface area contributed by atoms with Crippen LogP contribution in [-0.2, 0) is 0 Å². The molecule has 0 unspecified atom stereocenters. The molecule has 88 valence electrons. The van der Waals surface area contributed by atoms with Crippen LogP contribution in [0.2, 0.25) is 0 Å². The number of hydrogen-bond donors (Lipinski definition) is 1. The summed E-state index contributed by atoms with van der Waals surface area (Å²) in [5, 5.41) is 3.64. The minimum atomic E-state index is 0.188. The quantitative estimate of drug-likeness (QED) is 0.851. The lowest BCUT2D eigenvalue weighted by Crippen LogP contribution is -1.94. The fourth-order valence-electron chi connectivity index (χ4n) is 1.76. The molecule has 0 bridgehead atoms. The molecular formula is C11H10N2O4. The summed E-state index contributed by atoms with van der Waals surface area (Å²) < 4.78 is 21.0. The van der Waals surface area contributed by atoms with Crippen LogP contribution in [0, 0.1) is 0 Å². The molecule has 2 N–H and O–H groups in total. The standard InChI is InChI=1S/C11H10N2O4/c1-14-10-6(8-4-9(12)13-17-8)2-3-7-11(10)16-5-15-7/h2-4H,5H2,1H3,(H2,12,13). The van der Waals surface area contributed by atoms with Gasteiger partial charge in [-0.05, 0) is 12.1 Å². The fraction of sp³-hybridized carbons (Fsp3) is 0.182. The third-order valence-electron chi connectivity index (χ3n) is 2.49. The molecular weight excluding hydrogens is 224 g/mol. The Bertz CT molecular complexity index is 565. The van der Waals surface area contributed by atoms with Gasteiger partial charge in [0.1, 0.15) is 0 Å². The van der Waals surface area contributed by atoms with Gasteiger partial charge in [-0.3, -0.25) is 0 Å². The zero-order chi connectivity index (χ0) is 11.8. The van der Waals surface area contributed by atoms with Crippen LogP contribution in [0.15, 0.2) is 22.7 Å². The number of benzene rings is 1. The van der Waals surface area contributed by atoms with E-state index in [4.69, 9.17) is 24.5 Å². The summed E-state index contributed by atoms with van der Waals surface area (Å²) in [5.41, 5.74) is 6.24. The lowest BCUT2D eigenvalue weighted by molar-refractivity contribution is 0.171. The smallest absolute Gasteiger partial charge is 0.231 e. The van der Waals surface area contributed by atoms with Crippen molar-refractivity contribution in [2.24, 2.45) is 0 Å². The number of rotatable bonds is 2. The second-order valence-electron chi connectivity index (χ2n) is 3.50. The topological polar surface area (TPSA) is 79.7 Å². The summed E-state index contributed by atoms with van der Waals surface area (Å²) in [6.07, 6.45) is 0. The second kappa shape index (κ2) is 3.58. The van der Waals surface area contributed by atoms with Crippen molar-refractivity contribution in [1.82, 2.24) is 5.16 Å². The highest BCUT2D eigenvalue weighted by molar-refractivity contribution is 5.74. The van der Waals surface area contributed by atoms with Gasteiger partial charge in [0, 0.05) is 6.07 Å². The number of fused-ring (bicyclic) bond motifs is 1. The molecule has 0 radical (unpaired) electrons. The van der Waals surface area contributed by atoms with Crippen LogP contribution < -0.4 is 19.9 Å². The van der Waals surface area contributed by atoms with Gasteiger partial charge in [0.05, 0.1) is 12.7 Å². The fourth-order valence-corrected chi connectivity index (χ4v) is 1.76. The van der Waals surface area contributed by atoms with E-state index in [1.54, 1.807) is 19.2 Å². The third kappa shape index (κ3) is 1.45. The molecule has 0 atom stereocenters. The summed E-state index contributed by atoms with van der Waals surface area (Å²) >= 11 is 0. The Kier molecular flexibility index (Phi) is 2.07. The van der Waals surface area contributed by atoms with Crippen molar-refractivity contribution in [2.45, 2.75) is 0 Å². The van der Waals surface area contributed by atoms with Gasteiger partial charge >= 0.3 is 0 Å². The minimum absolute atomic E-state index is 0.188. The van der Waals surface area contributed by atoms with E-state index in [1.807, 2.05) is 6.07 Å². The zero-order valence-corrected chi connectivity index (χ0v) is 9.10. The SMILES string of the molecule is COc1c(-c2cc(N)no2)ccc2c1OCO2. The molecule has 0 aliphatic carbocycles. The van der Waals surface area contributed by atoms with E-state index in [2.05, 4.69) is 5.16 Å². The molecule has 2 aromatic rings. The number of anilines is 1. The van der Waals surface area contributed by atoms with E-state index in [9.17, 15) is 0 Å². The summed E-state index contributed by atoms with van der Waals surface area (Å²) in [6, 6.07) is 5.23. The highest BCUT2D eigenvalue weighted by Gasteiger charge is 2.24. The Balaban J connectivity index is 2.17. The van der Waals surface area contributed by atoms with Crippen molar-refractivity contribution in [2.75, 3.05) is 19.6 Å². The van der Waals surface area contributed by atoms with E-state index >= 15 is 0 Å². The average molecular weight is 234 g/mol. The molecule has 0 saturated heterocycles. The van der Waals surface area contributed by atoms with Crippen molar-refractivity contribution in [3.63, 3.8) is 0 Å². The molecule has 2 heterocycles. The number of hydrogen-bond acceptors (Lipinski definition) is 6. The van der Waals surface area contributed by atoms with Gasteiger partial charge in [-0.1, -0.05) is 5.16 Å². The second-order valence-corrected chi connectivity index (χ2v) is 3.50. The number of methoxy groups -OCH3 is 1. The molecule has 17 heavy (non-hydrogen) atoms. The molecule has 0 fully saturated rings. The Hall–Kier alpha value is -2.37. The molecule has 1 aliphatic rings. The predicted octanol–water partition coefficient (Wildman–Crippen LogP) is 1.66. The summed E-state index contributed by atoms with van der Waals surface area (Å²) in [7, 11) is 1.56. The Morgan fingerprint density at radius 2 is 2.24 bits per heavy atom. The molecule has 1 aromatic heterocycles. The third-order valence-corrected chi connectivity index (χ3v) is 2.49. The summed E-state index contributed by atoms with van der Waals surface area (Å²) in [5.74, 6) is 2.62. The maximum absolute atomic E-state index is 5.52. The number of aromatic nitrogens is 1. The first-order valence-electron chi connectivity index (χ1n) is 4.98. The van der Waals surface area contributed by atoms with Gasteiger partial charge in [0.15, 0.2) is 23.1 Å². The molecule has 3 rings (SSSR count). The Morgan fingerprint density at radius 3 is 2.94 bits per heavy atom. The van der Waals surface area contributed by atoms with Crippen molar-refractivity contribution < 1.29 is 18.7 Å². The largest absolute Gasteiger partial charge is 0.492 e. The van der Waals surface area contributed by atoms with Crippen LogP contribution >= 0.6 is 0 Å². The lowest BCUT2D eigenvalue weighted by Gasteiger charge is -2.08. The van der Waals surface area contributed by atoms with Crippen LogP contribution in [0.5, 0.6) is 17.2 Å². The van der Waals surface area contributed by atoms with Crippen LogP contribution in [0.3, 0.4) is 0 Å². The van der Waals surface area contributed by atoms with Crippen molar-refractivity contribution in [3.8, 4) is 28.6 Å². The van der Waals surface area contributed by atoms with Gasteiger partial charge < -0.3 is 24.5 Å². The van der Waals surface area contributed by atoms with Crippen LogP contribution in [-0.4, -0.2) is 19.1 Å². The molecule has 1 aliphatic heterocycles. The summed E-state index contributed by atoms with van der Waals surface area (Å²) in [6.45, 7) is 0.188. The van der Waals surface area contributed by atoms with E-state index in [0.29, 0.717) is 28.8 Å². The predicted molar refractivity (Wildman–Crippen MR) is 59.0 cm³/mol.